The molecule has 3 aromatic carbocycles. The average Bonchev–Trinajstić information content (AvgIpc) is 3.07. The van der Waals surface area contributed by atoms with Crippen molar-refractivity contribution in [3.8, 4) is 5.75 Å². The zero-order valence-corrected chi connectivity index (χ0v) is 17.2. The number of benzene rings is 3. The number of nitrogens with zero attached hydrogens (tertiary/aromatic N) is 1. The summed E-state index contributed by atoms with van der Waals surface area (Å²) in [6.07, 6.45) is -3.53. The third-order valence-corrected chi connectivity index (χ3v) is 5.47. The van der Waals surface area contributed by atoms with Crippen LogP contribution >= 0.6 is 0 Å². The van der Waals surface area contributed by atoms with Gasteiger partial charge in [-0.25, -0.2) is 13.2 Å². The van der Waals surface area contributed by atoms with Crippen LogP contribution in [0.3, 0.4) is 0 Å². The molecule has 4 rings (SSSR count). The summed E-state index contributed by atoms with van der Waals surface area (Å²) >= 11 is 0. The highest BCUT2D eigenvalue weighted by Crippen LogP contribution is 2.43. The molecule has 0 saturated carbocycles. The van der Waals surface area contributed by atoms with Crippen LogP contribution in [0.5, 0.6) is 5.75 Å². The lowest BCUT2D eigenvalue weighted by Gasteiger charge is -2.17. The lowest BCUT2D eigenvalue weighted by molar-refractivity contribution is -0.136. The summed E-state index contributed by atoms with van der Waals surface area (Å²) in [4.78, 5) is 25.5. The third kappa shape index (κ3) is 3.77. The molecule has 0 aromatic heterocycles. The zero-order valence-electron chi connectivity index (χ0n) is 17.2. The molecule has 8 heteroatoms. The van der Waals surface area contributed by atoms with E-state index in [1.807, 2.05) is 0 Å². The molecular formula is C24H20F3NO4. The smallest absolute Gasteiger partial charge is 0.307 e. The van der Waals surface area contributed by atoms with Gasteiger partial charge in [0.15, 0.2) is 0 Å². The van der Waals surface area contributed by atoms with Gasteiger partial charge < -0.3 is 14.7 Å². The Morgan fingerprint density at radius 2 is 1.91 bits per heavy atom. The summed E-state index contributed by atoms with van der Waals surface area (Å²) in [6, 6.07) is 10.7. The second-order valence-electron chi connectivity index (χ2n) is 7.48. The van der Waals surface area contributed by atoms with Crippen molar-refractivity contribution in [1.82, 2.24) is 0 Å². The Morgan fingerprint density at radius 3 is 2.53 bits per heavy atom. The first kappa shape index (κ1) is 21.7. The van der Waals surface area contributed by atoms with Gasteiger partial charge in [-0.15, -0.1) is 0 Å². The number of hydrogen-bond donors (Lipinski definition) is 1. The van der Waals surface area contributed by atoms with E-state index in [1.54, 1.807) is 31.2 Å². The quantitative estimate of drug-likeness (QED) is 0.560. The van der Waals surface area contributed by atoms with Gasteiger partial charge in [0.05, 0.1) is 30.8 Å². The molecule has 166 valence electrons. The standard InChI is InChI=1S/C24H20F3NO4/c1-2-32-23-15-6-4-3-5-14(15)16(11-20(26)27)17-12-28(24(31)22(17)23)19-8-7-13(9-18(19)25)10-21(29)30/h3-9,20H,2,10-12H2,1H3,(H,29,30). The van der Waals surface area contributed by atoms with Crippen LogP contribution in [0.25, 0.3) is 10.8 Å². The van der Waals surface area contributed by atoms with E-state index in [4.69, 9.17) is 9.84 Å². The van der Waals surface area contributed by atoms with Gasteiger partial charge in [-0.2, -0.15) is 0 Å². The van der Waals surface area contributed by atoms with E-state index in [2.05, 4.69) is 0 Å². The summed E-state index contributed by atoms with van der Waals surface area (Å²) in [5.41, 5.74) is 1.10. The molecule has 0 aliphatic carbocycles. The number of aliphatic carboxylic acids is 1. The first-order valence-electron chi connectivity index (χ1n) is 10.1. The van der Waals surface area contributed by atoms with Crippen molar-refractivity contribution < 1.29 is 32.6 Å². The Kier molecular flexibility index (Phi) is 5.78. The predicted octanol–water partition coefficient (Wildman–Crippen LogP) is 4.97. The lowest BCUT2D eigenvalue weighted by Crippen LogP contribution is -2.24. The summed E-state index contributed by atoms with van der Waals surface area (Å²) in [5, 5.41) is 10.0. The maximum Gasteiger partial charge on any atom is 0.307 e. The van der Waals surface area contributed by atoms with Gasteiger partial charge in [0.1, 0.15) is 11.6 Å². The number of carbonyl (C=O) groups is 2. The summed E-state index contributed by atoms with van der Waals surface area (Å²) in [7, 11) is 0. The molecule has 5 nitrogen and oxygen atoms in total. The van der Waals surface area contributed by atoms with Crippen LogP contribution in [0.2, 0.25) is 0 Å². The van der Waals surface area contributed by atoms with E-state index in [9.17, 15) is 22.8 Å². The number of hydrogen-bond acceptors (Lipinski definition) is 3. The molecule has 0 unspecified atom stereocenters. The molecule has 1 aliphatic rings. The summed E-state index contributed by atoms with van der Waals surface area (Å²) in [6.45, 7) is 1.93. The van der Waals surface area contributed by atoms with E-state index >= 15 is 0 Å². The minimum absolute atomic E-state index is 0.0464. The minimum Gasteiger partial charge on any atom is -0.492 e. The normalized spacial score (nSPS) is 13.2. The Morgan fingerprint density at radius 1 is 1.19 bits per heavy atom. The van der Waals surface area contributed by atoms with Gasteiger partial charge in [-0.05, 0) is 41.1 Å². The van der Waals surface area contributed by atoms with Crippen LogP contribution in [0.1, 0.15) is 34.0 Å². The minimum atomic E-state index is -2.63. The van der Waals surface area contributed by atoms with Crippen LogP contribution in [-0.2, 0) is 24.2 Å². The second kappa shape index (κ2) is 8.53. The predicted molar refractivity (Wildman–Crippen MR) is 113 cm³/mol. The molecule has 1 aliphatic heterocycles. The number of ether oxygens (including phenoxy) is 1. The Labute approximate surface area is 182 Å². The van der Waals surface area contributed by atoms with Gasteiger partial charge in [-0.3, -0.25) is 9.59 Å². The van der Waals surface area contributed by atoms with Crippen molar-refractivity contribution in [1.29, 1.82) is 0 Å². The molecule has 1 N–H and O–H groups in total. The van der Waals surface area contributed by atoms with E-state index in [1.165, 1.54) is 17.0 Å². The number of carbonyl (C=O) groups excluding carboxylic acids is 1. The largest absolute Gasteiger partial charge is 0.492 e. The number of carboxylic acid groups (broad SMARTS) is 1. The lowest BCUT2D eigenvalue weighted by atomic mass is 9.92. The highest BCUT2D eigenvalue weighted by atomic mass is 19.3. The van der Waals surface area contributed by atoms with Gasteiger partial charge in [0, 0.05) is 11.8 Å². The highest BCUT2D eigenvalue weighted by molar-refractivity contribution is 6.16. The van der Waals surface area contributed by atoms with Crippen LogP contribution < -0.4 is 9.64 Å². The molecule has 3 aromatic rings. The first-order chi connectivity index (χ1) is 15.3. The van der Waals surface area contributed by atoms with Crippen LogP contribution in [0.4, 0.5) is 18.9 Å². The van der Waals surface area contributed by atoms with Crippen molar-refractivity contribution in [3.63, 3.8) is 0 Å². The average molecular weight is 443 g/mol. The fourth-order valence-corrected chi connectivity index (χ4v) is 4.23. The number of alkyl halides is 2. The van der Waals surface area contributed by atoms with Crippen molar-refractivity contribution in [3.05, 3.63) is 70.5 Å². The molecule has 0 atom stereocenters. The number of halogens is 3. The number of fused-ring (bicyclic) bond motifs is 2. The molecule has 0 fully saturated rings. The van der Waals surface area contributed by atoms with E-state index in [0.717, 1.165) is 6.07 Å². The van der Waals surface area contributed by atoms with Gasteiger partial charge in [0.2, 0.25) is 6.43 Å². The molecular weight excluding hydrogens is 423 g/mol. The van der Waals surface area contributed by atoms with Gasteiger partial charge in [-0.1, -0.05) is 30.3 Å². The molecule has 1 amide bonds. The van der Waals surface area contributed by atoms with E-state index in [0.29, 0.717) is 27.6 Å². The van der Waals surface area contributed by atoms with Crippen molar-refractivity contribution in [2.75, 3.05) is 11.5 Å². The fraction of sp³-hybridized carbons (Fsp3) is 0.250. The van der Waals surface area contributed by atoms with Crippen LogP contribution in [0.15, 0.2) is 42.5 Å². The first-order valence-corrected chi connectivity index (χ1v) is 10.1. The number of rotatable bonds is 7. The van der Waals surface area contributed by atoms with E-state index in [-0.39, 0.29) is 36.4 Å². The Bertz CT molecular complexity index is 1230. The third-order valence-electron chi connectivity index (χ3n) is 5.47. The molecule has 1 heterocycles. The molecule has 0 spiro atoms. The highest BCUT2D eigenvalue weighted by Gasteiger charge is 2.37. The van der Waals surface area contributed by atoms with Gasteiger partial charge >= 0.3 is 5.97 Å². The zero-order chi connectivity index (χ0) is 23.0. The summed E-state index contributed by atoms with van der Waals surface area (Å²) < 4.78 is 47.5. The van der Waals surface area contributed by atoms with Gasteiger partial charge in [0.25, 0.3) is 5.91 Å². The van der Waals surface area contributed by atoms with Crippen molar-refractivity contribution in [2.24, 2.45) is 0 Å². The molecule has 0 bridgehead atoms. The van der Waals surface area contributed by atoms with Crippen LogP contribution in [-0.4, -0.2) is 30.0 Å². The Balaban J connectivity index is 1.88. The maximum atomic E-state index is 14.8. The number of amides is 1. The van der Waals surface area contributed by atoms with E-state index < -0.39 is 30.5 Å². The second-order valence-corrected chi connectivity index (χ2v) is 7.48. The summed E-state index contributed by atoms with van der Waals surface area (Å²) in [5.74, 6) is -2.12. The number of carboxylic acids is 1. The van der Waals surface area contributed by atoms with Crippen molar-refractivity contribution >= 4 is 28.3 Å². The molecule has 0 saturated heterocycles. The van der Waals surface area contributed by atoms with Crippen molar-refractivity contribution in [2.45, 2.75) is 32.7 Å². The molecule has 32 heavy (non-hydrogen) atoms. The number of anilines is 1. The maximum absolute atomic E-state index is 14.8. The topological polar surface area (TPSA) is 66.8 Å². The monoisotopic (exact) mass is 443 g/mol. The Hall–Kier alpha value is -3.55. The molecule has 0 radical (unpaired) electrons. The fourth-order valence-electron chi connectivity index (χ4n) is 4.23. The SMILES string of the molecule is CCOc1c2c(c(CC(F)F)c3ccccc13)CN(c1ccc(CC(=O)O)cc1F)C2=O. The van der Waals surface area contributed by atoms with Crippen LogP contribution in [0, 0.1) is 5.82 Å².